The SMILES string of the molecule is CN=C(NCc1ccc(F)c(C)c1)NCC1(SC)CCOCC1.I. The number of halogens is 2. The van der Waals surface area contributed by atoms with Crippen molar-refractivity contribution in [3.05, 3.63) is 35.1 Å². The van der Waals surface area contributed by atoms with Gasteiger partial charge in [-0.05, 0) is 43.2 Å². The summed E-state index contributed by atoms with van der Waals surface area (Å²) < 4.78 is 19.0. The van der Waals surface area contributed by atoms with E-state index in [1.807, 2.05) is 17.8 Å². The molecule has 1 fully saturated rings. The fraction of sp³-hybridized carbons (Fsp3) is 0.588. The van der Waals surface area contributed by atoms with E-state index in [-0.39, 0.29) is 34.5 Å². The molecular formula is C17H27FIN3OS. The van der Waals surface area contributed by atoms with E-state index in [9.17, 15) is 4.39 Å². The molecule has 24 heavy (non-hydrogen) atoms. The summed E-state index contributed by atoms with van der Waals surface area (Å²) in [5.41, 5.74) is 1.70. The predicted molar refractivity (Wildman–Crippen MR) is 111 cm³/mol. The van der Waals surface area contributed by atoms with E-state index in [0.29, 0.717) is 12.1 Å². The number of nitrogens with one attached hydrogen (secondary N) is 2. The Kier molecular flexibility index (Phi) is 9.36. The summed E-state index contributed by atoms with van der Waals surface area (Å²) in [6.45, 7) is 4.90. The number of ether oxygens (including phenoxy) is 1. The Hall–Kier alpha value is -0.540. The molecule has 2 rings (SSSR count). The molecule has 1 aromatic carbocycles. The highest BCUT2D eigenvalue weighted by atomic mass is 127. The third kappa shape index (κ3) is 6.07. The first-order valence-electron chi connectivity index (χ1n) is 7.91. The first kappa shape index (κ1) is 21.5. The monoisotopic (exact) mass is 467 g/mol. The number of aryl methyl sites for hydroxylation is 1. The lowest BCUT2D eigenvalue weighted by Gasteiger charge is -2.36. The van der Waals surface area contributed by atoms with Crippen LogP contribution in [0.2, 0.25) is 0 Å². The third-order valence-electron chi connectivity index (χ3n) is 4.32. The molecule has 0 spiro atoms. The summed E-state index contributed by atoms with van der Waals surface area (Å²) in [5.74, 6) is 0.601. The van der Waals surface area contributed by atoms with Gasteiger partial charge in [-0.2, -0.15) is 11.8 Å². The molecule has 4 nitrogen and oxygen atoms in total. The number of thioether (sulfide) groups is 1. The van der Waals surface area contributed by atoms with E-state index in [1.54, 1.807) is 20.0 Å². The van der Waals surface area contributed by atoms with Crippen molar-refractivity contribution >= 4 is 41.7 Å². The second kappa shape index (κ2) is 10.5. The average Bonchev–Trinajstić information content (AvgIpc) is 2.59. The van der Waals surface area contributed by atoms with Crippen LogP contribution in [0.25, 0.3) is 0 Å². The zero-order valence-corrected chi connectivity index (χ0v) is 17.7. The summed E-state index contributed by atoms with van der Waals surface area (Å²) in [6, 6.07) is 5.16. The minimum absolute atomic E-state index is 0. The lowest BCUT2D eigenvalue weighted by atomic mass is 9.99. The van der Waals surface area contributed by atoms with Crippen molar-refractivity contribution in [3.63, 3.8) is 0 Å². The molecule has 0 bridgehead atoms. The van der Waals surface area contributed by atoms with Gasteiger partial charge in [-0.1, -0.05) is 12.1 Å². The second-order valence-corrected chi connectivity index (χ2v) is 7.14. The van der Waals surface area contributed by atoms with Crippen LogP contribution in [0.3, 0.4) is 0 Å². The highest BCUT2D eigenvalue weighted by molar-refractivity contribution is 14.0. The number of nitrogens with zero attached hydrogens (tertiary/aromatic N) is 1. The number of benzene rings is 1. The minimum atomic E-state index is -0.169. The number of rotatable bonds is 5. The number of aliphatic imine (C=N–C) groups is 1. The van der Waals surface area contributed by atoms with Crippen LogP contribution in [0.4, 0.5) is 4.39 Å². The fourth-order valence-electron chi connectivity index (χ4n) is 2.66. The molecule has 1 saturated heterocycles. The van der Waals surface area contributed by atoms with Gasteiger partial charge in [0, 0.05) is 38.1 Å². The van der Waals surface area contributed by atoms with Crippen LogP contribution in [0.1, 0.15) is 24.0 Å². The number of hydrogen-bond donors (Lipinski definition) is 2. The van der Waals surface area contributed by atoms with Crippen LogP contribution >= 0.6 is 35.7 Å². The van der Waals surface area contributed by atoms with E-state index in [1.165, 1.54) is 6.07 Å². The summed E-state index contributed by atoms with van der Waals surface area (Å²) in [6.07, 6.45) is 4.26. The Morgan fingerprint density at radius 2 is 2.04 bits per heavy atom. The maximum absolute atomic E-state index is 13.3. The van der Waals surface area contributed by atoms with E-state index in [0.717, 1.165) is 44.1 Å². The molecule has 0 amide bonds. The van der Waals surface area contributed by atoms with Crippen molar-refractivity contribution < 1.29 is 9.13 Å². The van der Waals surface area contributed by atoms with Gasteiger partial charge in [0.2, 0.25) is 0 Å². The zero-order valence-electron chi connectivity index (χ0n) is 14.5. The molecule has 0 unspecified atom stereocenters. The highest BCUT2D eigenvalue weighted by Gasteiger charge is 2.31. The Bertz CT molecular complexity index is 551. The van der Waals surface area contributed by atoms with Crippen molar-refractivity contribution in [1.82, 2.24) is 10.6 Å². The Morgan fingerprint density at radius 3 is 2.62 bits per heavy atom. The first-order chi connectivity index (χ1) is 11.1. The molecule has 2 N–H and O–H groups in total. The Labute approximate surface area is 165 Å². The molecule has 1 aliphatic heterocycles. The van der Waals surface area contributed by atoms with Crippen LogP contribution in [-0.2, 0) is 11.3 Å². The van der Waals surface area contributed by atoms with Crippen molar-refractivity contribution in [1.29, 1.82) is 0 Å². The van der Waals surface area contributed by atoms with Crippen molar-refractivity contribution in [2.45, 2.75) is 31.1 Å². The molecule has 136 valence electrons. The molecule has 1 aromatic rings. The topological polar surface area (TPSA) is 45.7 Å². The molecule has 0 atom stereocenters. The van der Waals surface area contributed by atoms with Gasteiger partial charge in [-0.25, -0.2) is 4.39 Å². The number of guanidine groups is 1. The molecule has 0 saturated carbocycles. The van der Waals surface area contributed by atoms with Crippen LogP contribution in [0, 0.1) is 12.7 Å². The lowest BCUT2D eigenvalue weighted by Crippen LogP contribution is -2.47. The summed E-state index contributed by atoms with van der Waals surface area (Å²) in [5, 5.41) is 6.70. The van der Waals surface area contributed by atoms with E-state index < -0.39 is 0 Å². The quantitative estimate of drug-likeness (QED) is 0.396. The van der Waals surface area contributed by atoms with Crippen molar-refractivity contribution in [2.75, 3.05) is 33.1 Å². The smallest absolute Gasteiger partial charge is 0.191 e. The third-order valence-corrected chi connectivity index (χ3v) is 5.74. The van der Waals surface area contributed by atoms with Crippen LogP contribution in [-0.4, -0.2) is 43.8 Å². The van der Waals surface area contributed by atoms with Crippen LogP contribution < -0.4 is 10.6 Å². The van der Waals surface area contributed by atoms with Gasteiger partial charge < -0.3 is 15.4 Å². The molecule has 1 heterocycles. The lowest BCUT2D eigenvalue weighted by molar-refractivity contribution is 0.0783. The van der Waals surface area contributed by atoms with Crippen LogP contribution in [0.5, 0.6) is 0 Å². The van der Waals surface area contributed by atoms with Gasteiger partial charge in [0.25, 0.3) is 0 Å². The van der Waals surface area contributed by atoms with Crippen molar-refractivity contribution in [2.24, 2.45) is 4.99 Å². The maximum Gasteiger partial charge on any atom is 0.191 e. The fourth-order valence-corrected chi connectivity index (χ4v) is 3.46. The molecule has 0 aromatic heterocycles. The van der Waals surface area contributed by atoms with Crippen LogP contribution in [0.15, 0.2) is 23.2 Å². The largest absolute Gasteiger partial charge is 0.381 e. The van der Waals surface area contributed by atoms with Gasteiger partial charge in [-0.3, -0.25) is 4.99 Å². The van der Waals surface area contributed by atoms with E-state index >= 15 is 0 Å². The van der Waals surface area contributed by atoms with E-state index in [2.05, 4.69) is 21.9 Å². The highest BCUT2D eigenvalue weighted by Crippen LogP contribution is 2.32. The predicted octanol–water partition coefficient (Wildman–Crippen LogP) is 3.33. The molecule has 1 aliphatic rings. The van der Waals surface area contributed by atoms with Gasteiger partial charge in [-0.15, -0.1) is 24.0 Å². The average molecular weight is 467 g/mol. The Morgan fingerprint density at radius 1 is 1.33 bits per heavy atom. The molecular weight excluding hydrogens is 440 g/mol. The standard InChI is InChI=1S/C17H26FN3OS.HI/c1-13-10-14(4-5-15(13)18)11-20-16(19-2)21-12-17(23-3)6-8-22-9-7-17;/h4-5,10H,6-9,11-12H2,1-3H3,(H2,19,20,21);1H. The molecule has 0 radical (unpaired) electrons. The first-order valence-corrected chi connectivity index (χ1v) is 9.13. The van der Waals surface area contributed by atoms with Gasteiger partial charge in [0.15, 0.2) is 5.96 Å². The Balaban J connectivity index is 0.00000288. The molecule has 7 heteroatoms. The maximum atomic E-state index is 13.3. The minimum Gasteiger partial charge on any atom is -0.381 e. The second-order valence-electron chi connectivity index (χ2n) is 5.86. The van der Waals surface area contributed by atoms with E-state index in [4.69, 9.17) is 4.74 Å². The summed E-state index contributed by atoms with van der Waals surface area (Å²) in [4.78, 5) is 4.27. The summed E-state index contributed by atoms with van der Waals surface area (Å²) >= 11 is 1.90. The zero-order chi connectivity index (χ0) is 16.7. The van der Waals surface area contributed by atoms with Crippen molar-refractivity contribution in [3.8, 4) is 0 Å². The van der Waals surface area contributed by atoms with Gasteiger partial charge >= 0.3 is 0 Å². The summed E-state index contributed by atoms with van der Waals surface area (Å²) in [7, 11) is 1.76. The number of hydrogen-bond acceptors (Lipinski definition) is 3. The normalized spacial score (nSPS) is 17.1. The van der Waals surface area contributed by atoms with Gasteiger partial charge in [0.05, 0.1) is 0 Å². The molecule has 0 aliphatic carbocycles. The van der Waals surface area contributed by atoms with Gasteiger partial charge in [0.1, 0.15) is 5.82 Å².